The molecular formula is C21H25N5O5. The summed E-state index contributed by atoms with van der Waals surface area (Å²) >= 11 is 0. The van der Waals surface area contributed by atoms with Crippen molar-refractivity contribution < 1.29 is 18.8 Å². The zero-order valence-electron chi connectivity index (χ0n) is 17.8. The number of nitrogens with zero attached hydrogens (tertiary/aromatic N) is 5. The summed E-state index contributed by atoms with van der Waals surface area (Å²) in [6.07, 6.45) is 0.927. The minimum Gasteiger partial charge on any atom is -0.497 e. The Morgan fingerprint density at radius 1 is 1.13 bits per heavy atom. The van der Waals surface area contributed by atoms with Crippen LogP contribution in [-0.2, 0) is 11.4 Å². The fraction of sp³-hybridized carbons (Fsp3) is 0.429. The molecule has 3 heterocycles. The molecule has 1 saturated heterocycles. The third-order valence-corrected chi connectivity index (χ3v) is 5.50. The van der Waals surface area contributed by atoms with Crippen LogP contribution in [0.3, 0.4) is 0 Å². The van der Waals surface area contributed by atoms with E-state index >= 15 is 0 Å². The highest BCUT2D eigenvalue weighted by atomic mass is 16.5. The van der Waals surface area contributed by atoms with Crippen molar-refractivity contribution in [3.8, 4) is 5.75 Å². The van der Waals surface area contributed by atoms with Crippen LogP contribution in [0.15, 0.2) is 33.6 Å². The Hall–Kier alpha value is -3.40. The van der Waals surface area contributed by atoms with E-state index in [0.717, 1.165) is 44.0 Å². The average Bonchev–Trinajstić information content (AvgIpc) is 3.03. The molecule has 0 unspecified atom stereocenters. The number of hydrogen-bond acceptors (Lipinski definition) is 9. The number of benzene rings is 1. The molecule has 0 bridgehead atoms. The van der Waals surface area contributed by atoms with Gasteiger partial charge in [-0.25, -0.2) is 9.48 Å². The van der Waals surface area contributed by atoms with E-state index in [1.165, 1.54) is 11.8 Å². The van der Waals surface area contributed by atoms with E-state index in [-0.39, 0.29) is 17.9 Å². The van der Waals surface area contributed by atoms with E-state index in [2.05, 4.69) is 20.1 Å². The van der Waals surface area contributed by atoms with E-state index < -0.39 is 11.5 Å². The van der Waals surface area contributed by atoms with Crippen molar-refractivity contribution in [1.29, 1.82) is 0 Å². The van der Waals surface area contributed by atoms with Crippen molar-refractivity contribution in [2.45, 2.75) is 20.0 Å². The number of hydrogen-bond donors (Lipinski definition) is 0. The van der Waals surface area contributed by atoms with Crippen LogP contribution in [-0.4, -0.2) is 66.2 Å². The Kier molecular flexibility index (Phi) is 5.90. The van der Waals surface area contributed by atoms with Crippen LogP contribution >= 0.6 is 0 Å². The largest absolute Gasteiger partial charge is 0.497 e. The molecule has 1 aliphatic heterocycles. The molecule has 164 valence electrons. The monoisotopic (exact) mass is 427 g/mol. The fourth-order valence-electron chi connectivity index (χ4n) is 3.82. The summed E-state index contributed by atoms with van der Waals surface area (Å²) in [5.41, 5.74) is 0.856. The molecule has 1 aromatic carbocycles. The lowest BCUT2D eigenvalue weighted by Crippen LogP contribution is -2.37. The Bertz CT molecular complexity index is 1140. The number of ether oxygens (including phenoxy) is 2. The van der Waals surface area contributed by atoms with Crippen molar-refractivity contribution in [3.05, 3.63) is 46.1 Å². The summed E-state index contributed by atoms with van der Waals surface area (Å²) < 4.78 is 16.5. The number of methoxy groups -OCH3 is 2. The van der Waals surface area contributed by atoms with Crippen LogP contribution in [0.2, 0.25) is 0 Å². The van der Waals surface area contributed by atoms with Crippen molar-refractivity contribution in [3.63, 3.8) is 0 Å². The molecule has 1 aliphatic rings. The lowest BCUT2D eigenvalue weighted by Gasteiger charge is -2.24. The normalized spacial score (nSPS) is 15.1. The number of carbonyl (C=O) groups excluding carboxylic acids is 1. The molecular weight excluding hydrogens is 402 g/mol. The van der Waals surface area contributed by atoms with E-state index in [0.29, 0.717) is 11.1 Å². The first-order valence-electron chi connectivity index (χ1n) is 10.1. The van der Waals surface area contributed by atoms with Gasteiger partial charge in [0.15, 0.2) is 11.2 Å². The van der Waals surface area contributed by atoms with Gasteiger partial charge in [-0.05, 0) is 37.6 Å². The zero-order valence-corrected chi connectivity index (χ0v) is 17.8. The molecule has 1 fully saturated rings. The van der Waals surface area contributed by atoms with Crippen LogP contribution in [0, 0.1) is 6.92 Å². The molecule has 2 aromatic heterocycles. The highest BCUT2D eigenvalue weighted by molar-refractivity contribution is 6.01. The van der Waals surface area contributed by atoms with Crippen LogP contribution < -0.4 is 15.2 Å². The second kappa shape index (κ2) is 8.76. The lowest BCUT2D eigenvalue weighted by atomic mass is 10.2. The Morgan fingerprint density at radius 3 is 2.61 bits per heavy atom. The maximum atomic E-state index is 12.9. The number of carbonyl (C=O) groups is 1. The van der Waals surface area contributed by atoms with E-state index in [4.69, 9.17) is 14.0 Å². The summed E-state index contributed by atoms with van der Waals surface area (Å²) in [5.74, 6) is 0.550. The first-order chi connectivity index (χ1) is 15.0. The molecule has 31 heavy (non-hydrogen) atoms. The lowest BCUT2D eigenvalue weighted by molar-refractivity contribution is 0.0591. The van der Waals surface area contributed by atoms with Crippen molar-refractivity contribution >= 4 is 22.6 Å². The Morgan fingerprint density at radius 2 is 1.90 bits per heavy atom. The van der Waals surface area contributed by atoms with Gasteiger partial charge < -0.3 is 18.9 Å². The highest BCUT2D eigenvalue weighted by Gasteiger charge is 2.24. The van der Waals surface area contributed by atoms with Crippen LogP contribution in [0.25, 0.3) is 10.9 Å². The predicted octanol–water partition coefficient (Wildman–Crippen LogP) is 1.66. The molecule has 10 heteroatoms. The third-order valence-electron chi connectivity index (χ3n) is 5.50. The average molecular weight is 427 g/mol. The molecule has 0 radical (unpaired) electrons. The number of aryl methyl sites for hydroxylation is 1. The predicted molar refractivity (Wildman–Crippen MR) is 114 cm³/mol. The zero-order chi connectivity index (χ0) is 22.0. The van der Waals surface area contributed by atoms with Gasteiger partial charge in [0.2, 0.25) is 0 Å². The summed E-state index contributed by atoms with van der Waals surface area (Å²) in [5, 5.41) is 8.43. The molecule has 0 amide bonds. The topological polar surface area (TPSA) is 103 Å². The quantitative estimate of drug-likeness (QED) is 0.562. The van der Waals surface area contributed by atoms with Gasteiger partial charge in [0.05, 0.1) is 26.3 Å². The minimum atomic E-state index is -0.633. The first-order valence-corrected chi connectivity index (χ1v) is 10.1. The van der Waals surface area contributed by atoms with Gasteiger partial charge >= 0.3 is 5.97 Å². The van der Waals surface area contributed by atoms with Crippen molar-refractivity contribution in [2.24, 2.45) is 0 Å². The van der Waals surface area contributed by atoms with Crippen LogP contribution in [0.5, 0.6) is 5.75 Å². The number of aromatic nitrogens is 3. The first kappa shape index (κ1) is 20.9. The van der Waals surface area contributed by atoms with Gasteiger partial charge in [-0.1, -0.05) is 5.16 Å². The van der Waals surface area contributed by atoms with Gasteiger partial charge in [-0.15, -0.1) is 0 Å². The van der Waals surface area contributed by atoms with Gasteiger partial charge in [0, 0.05) is 31.9 Å². The molecule has 4 rings (SSSR count). The van der Waals surface area contributed by atoms with Gasteiger partial charge in [-0.2, -0.15) is 5.10 Å². The third kappa shape index (κ3) is 4.11. The molecule has 0 spiro atoms. The van der Waals surface area contributed by atoms with Crippen molar-refractivity contribution in [1.82, 2.24) is 19.8 Å². The summed E-state index contributed by atoms with van der Waals surface area (Å²) in [7, 11) is 2.93. The molecule has 0 atom stereocenters. The molecule has 3 aromatic rings. The highest BCUT2D eigenvalue weighted by Crippen LogP contribution is 2.21. The molecule has 0 aliphatic carbocycles. The van der Waals surface area contributed by atoms with Gasteiger partial charge in [0.1, 0.15) is 11.5 Å². The van der Waals surface area contributed by atoms with Crippen LogP contribution in [0.1, 0.15) is 22.7 Å². The molecule has 0 N–H and O–H groups in total. The van der Waals surface area contributed by atoms with Crippen LogP contribution in [0.4, 0.5) is 5.69 Å². The maximum Gasteiger partial charge on any atom is 0.359 e. The second-order valence-electron chi connectivity index (χ2n) is 7.41. The summed E-state index contributed by atoms with van der Waals surface area (Å²) in [6, 6.07) is 7.99. The standard InChI is InChI=1S/C21H25N5O5/c1-14-17-18(23-31-14)20(27)26(22-19(17)21(28)30-3)13-24-9-4-10-25(12-11-24)15-5-7-16(29-2)8-6-15/h5-8H,4,9-13H2,1-3H3. The van der Waals surface area contributed by atoms with Gasteiger partial charge in [0.25, 0.3) is 5.56 Å². The second-order valence-corrected chi connectivity index (χ2v) is 7.41. The number of anilines is 1. The number of rotatable bonds is 5. The Labute approximate surface area is 178 Å². The summed E-state index contributed by atoms with van der Waals surface area (Å²) in [6.45, 7) is 5.13. The summed E-state index contributed by atoms with van der Waals surface area (Å²) in [4.78, 5) is 29.6. The molecule has 0 saturated carbocycles. The Balaban J connectivity index is 1.54. The van der Waals surface area contributed by atoms with E-state index in [1.54, 1.807) is 14.0 Å². The number of fused-ring (bicyclic) bond motifs is 1. The smallest absolute Gasteiger partial charge is 0.359 e. The molecule has 10 nitrogen and oxygen atoms in total. The SMILES string of the molecule is COC(=O)c1nn(CN2CCCN(c3ccc(OC)cc3)CC2)c(=O)c2noc(C)c12. The fourth-order valence-corrected chi connectivity index (χ4v) is 3.82. The minimum absolute atomic E-state index is 0.0329. The maximum absolute atomic E-state index is 12.9. The number of esters is 1. The van der Waals surface area contributed by atoms with Crippen molar-refractivity contribution in [2.75, 3.05) is 45.3 Å². The van der Waals surface area contributed by atoms with E-state index in [9.17, 15) is 9.59 Å². The van der Waals surface area contributed by atoms with Gasteiger partial charge in [-0.3, -0.25) is 9.69 Å². The van der Waals surface area contributed by atoms with E-state index in [1.807, 2.05) is 24.3 Å².